The molecule has 0 spiro atoms. The first-order valence-electron chi connectivity index (χ1n) is 4.26. The van der Waals surface area contributed by atoms with Crippen molar-refractivity contribution in [2.45, 2.75) is 0 Å². The van der Waals surface area contributed by atoms with Crippen molar-refractivity contribution < 1.29 is 4.42 Å². The maximum atomic E-state index is 8.75. The first-order valence-corrected chi connectivity index (χ1v) is 5.06. The van der Waals surface area contributed by atoms with E-state index < -0.39 is 0 Å². The number of nitrogens with two attached hydrogens (primary N) is 1. The first-order chi connectivity index (χ1) is 7.22. The lowest BCUT2D eigenvalue weighted by Gasteiger charge is -1.98. The zero-order valence-corrected chi connectivity index (χ0v) is 9.28. The van der Waals surface area contributed by atoms with Gasteiger partial charge in [-0.2, -0.15) is 5.26 Å². The summed E-state index contributed by atoms with van der Waals surface area (Å²) < 4.78 is 6.20. The Morgan fingerprint density at radius 3 is 2.67 bits per heavy atom. The Bertz CT molecular complexity index is 540. The minimum atomic E-state index is 0.156. The Labute approximate surface area is 95.2 Å². The van der Waals surface area contributed by atoms with E-state index in [1.54, 1.807) is 6.07 Å². The fraction of sp³-hybridized carbons (Fsp3) is 0. The molecule has 4 heteroatoms. The topological polar surface area (TPSA) is 63.0 Å². The van der Waals surface area contributed by atoms with Gasteiger partial charge in [-0.3, -0.25) is 0 Å². The van der Waals surface area contributed by atoms with E-state index >= 15 is 0 Å². The van der Waals surface area contributed by atoms with E-state index in [0.717, 1.165) is 10.0 Å². The molecule has 1 heterocycles. The van der Waals surface area contributed by atoms with Gasteiger partial charge in [-0.05, 0) is 6.07 Å². The van der Waals surface area contributed by atoms with E-state index in [0.29, 0.717) is 11.3 Å². The molecule has 74 valence electrons. The molecule has 3 nitrogen and oxygen atoms in total. The lowest BCUT2D eigenvalue weighted by atomic mass is 10.1. The number of halogens is 1. The summed E-state index contributed by atoms with van der Waals surface area (Å²) in [5.74, 6) is 0.750. The van der Waals surface area contributed by atoms with E-state index in [9.17, 15) is 0 Å². The van der Waals surface area contributed by atoms with Crippen LogP contribution in [-0.2, 0) is 0 Å². The maximum Gasteiger partial charge on any atom is 0.208 e. The molecule has 15 heavy (non-hydrogen) atoms. The standard InChI is InChI=1S/C11H7BrN2O/c12-9-4-2-1-3-8(9)10-5-7(6-13)11(14)15-10/h1-5H,14H2. The third-order valence-corrected chi connectivity index (χ3v) is 2.71. The molecule has 0 bridgehead atoms. The molecule has 0 aliphatic rings. The zero-order chi connectivity index (χ0) is 10.8. The predicted molar refractivity (Wildman–Crippen MR) is 61.0 cm³/mol. The van der Waals surface area contributed by atoms with Crippen LogP contribution < -0.4 is 5.73 Å². The van der Waals surface area contributed by atoms with Crippen LogP contribution in [0.15, 0.2) is 39.2 Å². The van der Waals surface area contributed by atoms with Crippen LogP contribution >= 0.6 is 15.9 Å². The Morgan fingerprint density at radius 1 is 1.33 bits per heavy atom. The number of furan rings is 1. The SMILES string of the molecule is N#Cc1cc(-c2ccccc2Br)oc1N. The Morgan fingerprint density at radius 2 is 2.07 bits per heavy atom. The average Bonchev–Trinajstić information content (AvgIpc) is 2.60. The predicted octanol–water partition coefficient (Wildman–Crippen LogP) is 3.16. The van der Waals surface area contributed by atoms with E-state index in [2.05, 4.69) is 15.9 Å². The first kappa shape index (κ1) is 9.81. The van der Waals surface area contributed by atoms with Gasteiger partial charge in [0.25, 0.3) is 0 Å². The second-order valence-electron chi connectivity index (χ2n) is 2.98. The number of anilines is 1. The summed E-state index contributed by atoms with van der Waals surface area (Å²) in [5.41, 5.74) is 6.78. The zero-order valence-electron chi connectivity index (χ0n) is 7.70. The number of nitriles is 1. The quantitative estimate of drug-likeness (QED) is 0.859. The largest absolute Gasteiger partial charge is 0.439 e. The normalized spacial score (nSPS) is 9.87. The molecular weight excluding hydrogens is 256 g/mol. The molecule has 0 aliphatic carbocycles. The number of hydrogen-bond acceptors (Lipinski definition) is 3. The van der Waals surface area contributed by atoms with Crippen LogP contribution in [0.25, 0.3) is 11.3 Å². The van der Waals surface area contributed by atoms with E-state index in [-0.39, 0.29) is 5.88 Å². The highest BCUT2D eigenvalue weighted by Crippen LogP contribution is 2.31. The molecule has 0 unspecified atom stereocenters. The van der Waals surface area contributed by atoms with Gasteiger partial charge in [0.05, 0.1) is 0 Å². The molecule has 0 atom stereocenters. The van der Waals surface area contributed by atoms with Crippen LogP contribution in [0.3, 0.4) is 0 Å². The van der Waals surface area contributed by atoms with Gasteiger partial charge in [0.1, 0.15) is 17.4 Å². The van der Waals surface area contributed by atoms with Gasteiger partial charge in [-0.1, -0.05) is 34.1 Å². The summed E-state index contributed by atoms with van der Waals surface area (Å²) in [7, 11) is 0. The molecule has 0 amide bonds. The third-order valence-electron chi connectivity index (χ3n) is 2.02. The van der Waals surface area contributed by atoms with Crippen LogP contribution in [0.1, 0.15) is 5.56 Å². The summed E-state index contributed by atoms with van der Waals surface area (Å²) in [5, 5.41) is 8.75. The van der Waals surface area contributed by atoms with Crippen molar-refractivity contribution in [1.82, 2.24) is 0 Å². The number of nitrogens with zero attached hydrogens (tertiary/aromatic N) is 1. The van der Waals surface area contributed by atoms with Crippen molar-refractivity contribution in [3.05, 3.63) is 40.4 Å². The minimum Gasteiger partial charge on any atom is -0.439 e. The van der Waals surface area contributed by atoms with Gasteiger partial charge in [-0.25, -0.2) is 0 Å². The highest BCUT2D eigenvalue weighted by molar-refractivity contribution is 9.10. The molecule has 0 aliphatic heterocycles. The summed E-state index contributed by atoms with van der Waals surface area (Å²) in [6.07, 6.45) is 0. The van der Waals surface area contributed by atoms with Gasteiger partial charge >= 0.3 is 0 Å². The van der Waals surface area contributed by atoms with Gasteiger partial charge in [0, 0.05) is 16.1 Å². The fourth-order valence-corrected chi connectivity index (χ4v) is 1.77. The third kappa shape index (κ3) is 1.74. The highest BCUT2D eigenvalue weighted by atomic mass is 79.9. The summed E-state index contributed by atoms with van der Waals surface area (Å²) in [6, 6.07) is 11.2. The van der Waals surface area contributed by atoms with Crippen LogP contribution in [-0.4, -0.2) is 0 Å². The van der Waals surface area contributed by atoms with E-state index in [1.165, 1.54) is 0 Å². The molecule has 0 saturated heterocycles. The molecule has 1 aromatic heterocycles. The van der Waals surface area contributed by atoms with Crippen molar-refractivity contribution in [3.8, 4) is 17.4 Å². The number of benzene rings is 1. The number of nitrogen functional groups attached to an aromatic ring is 1. The molecule has 1 aromatic carbocycles. The van der Waals surface area contributed by atoms with Crippen molar-refractivity contribution >= 4 is 21.8 Å². The smallest absolute Gasteiger partial charge is 0.208 e. The Hall–Kier alpha value is -1.73. The van der Waals surface area contributed by atoms with Crippen LogP contribution in [0.5, 0.6) is 0 Å². The molecule has 2 N–H and O–H groups in total. The summed E-state index contributed by atoms with van der Waals surface area (Å²) in [4.78, 5) is 0. The Balaban J connectivity index is 2.56. The fourth-order valence-electron chi connectivity index (χ4n) is 1.29. The van der Waals surface area contributed by atoms with Gasteiger partial charge in [0.2, 0.25) is 5.88 Å². The van der Waals surface area contributed by atoms with E-state index in [4.69, 9.17) is 15.4 Å². The molecule has 2 aromatic rings. The minimum absolute atomic E-state index is 0.156. The molecule has 2 rings (SSSR count). The van der Waals surface area contributed by atoms with Crippen LogP contribution in [0.4, 0.5) is 5.88 Å². The summed E-state index contributed by atoms with van der Waals surface area (Å²) >= 11 is 3.40. The van der Waals surface area contributed by atoms with Gasteiger partial charge in [-0.15, -0.1) is 0 Å². The van der Waals surface area contributed by atoms with Crippen molar-refractivity contribution in [1.29, 1.82) is 5.26 Å². The summed E-state index contributed by atoms with van der Waals surface area (Å²) in [6.45, 7) is 0. The average molecular weight is 263 g/mol. The molecule has 0 radical (unpaired) electrons. The second-order valence-corrected chi connectivity index (χ2v) is 3.83. The van der Waals surface area contributed by atoms with Crippen molar-refractivity contribution in [2.75, 3.05) is 5.73 Å². The molecule has 0 saturated carbocycles. The van der Waals surface area contributed by atoms with E-state index in [1.807, 2.05) is 30.3 Å². The number of hydrogen-bond donors (Lipinski definition) is 1. The van der Waals surface area contributed by atoms with Gasteiger partial charge < -0.3 is 10.2 Å². The number of rotatable bonds is 1. The van der Waals surface area contributed by atoms with Crippen LogP contribution in [0.2, 0.25) is 0 Å². The lowest BCUT2D eigenvalue weighted by Crippen LogP contribution is -1.82. The van der Waals surface area contributed by atoms with Crippen LogP contribution in [0, 0.1) is 11.3 Å². The van der Waals surface area contributed by atoms with Crippen molar-refractivity contribution in [3.63, 3.8) is 0 Å². The monoisotopic (exact) mass is 262 g/mol. The Kier molecular flexibility index (Phi) is 2.48. The van der Waals surface area contributed by atoms with Gasteiger partial charge in [0.15, 0.2) is 0 Å². The maximum absolute atomic E-state index is 8.75. The second kappa shape index (κ2) is 3.79. The molecular formula is C11H7BrN2O. The van der Waals surface area contributed by atoms with Crippen molar-refractivity contribution in [2.24, 2.45) is 0 Å². The lowest BCUT2D eigenvalue weighted by molar-refractivity contribution is 0.602. The highest BCUT2D eigenvalue weighted by Gasteiger charge is 2.11. The molecule has 0 fully saturated rings.